The number of carbonyl (C=O) groups excluding carboxylic acids is 1. The predicted octanol–water partition coefficient (Wildman–Crippen LogP) is 3.07. The van der Waals surface area contributed by atoms with Gasteiger partial charge in [-0.3, -0.25) is 4.79 Å². The van der Waals surface area contributed by atoms with Crippen LogP contribution in [0.2, 0.25) is 0 Å². The highest BCUT2D eigenvalue weighted by Crippen LogP contribution is 2.27. The number of ether oxygens (including phenoxy) is 1. The Labute approximate surface area is 150 Å². The highest BCUT2D eigenvalue weighted by Gasteiger charge is 2.19. The van der Waals surface area contributed by atoms with Crippen molar-refractivity contribution in [2.45, 2.75) is 24.7 Å². The molecule has 24 heavy (non-hydrogen) atoms. The fraction of sp³-hybridized carbons (Fsp3) is 0.235. The first kappa shape index (κ1) is 18.5. The quantitative estimate of drug-likeness (QED) is 0.792. The Kier molecular flexibility index (Phi) is 6.01. The van der Waals surface area contributed by atoms with E-state index in [-0.39, 0.29) is 11.3 Å². The van der Waals surface area contributed by atoms with Crippen molar-refractivity contribution in [1.29, 1.82) is 0 Å². The largest absolute Gasteiger partial charge is 0.496 e. The van der Waals surface area contributed by atoms with Gasteiger partial charge in [-0.1, -0.05) is 31.2 Å². The second-order valence-electron chi connectivity index (χ2n) is 5.17. The summed E-state index contributed by atoms with van der Waals surface area (Å²) < 4.78 is 32.2. The fourth-order valence-electron chi connectivity index (χ4n) is 2.14. The third kappa shape index (κ3) is 4.58. The molecule has 2 aromatic carbocycles. The number of benzene rings is 2. The van der Waals surface area contributed by atoms with Crippen molar-refractivity contribution < 1.29 is 17.9 Å². The molecule has 0 aliphatic carbocycles. The van der Waals surface area contributed by atoms with Crippen molar-refractivity contribution in [3.63, 3.8) is 0 Å². The standard InChI is InChI=1S/C17H18BrNO4S/c1-3-12-4-6-13(7-5-12)10-17(20)19-24(21,22)14-8-9-16(23-2)15(18)11-14/h4-9,11H,3,10H2,1-2H3,(H,19,20). The maximum Gasteiger partial charge on any atom is 0.264 e. The topological polar surface area (TPSA) is 72.5 Å². The van der Waals surface area contributed by atoms with Crippen LogP contribution in [0.5, 0.6) is 5.75 Å². The van der Waals surface area contributed by atoms with Gasteiger partial charge in [0.25, 0.3) is 10.0 Å². The Hall–Kier alpha value is -1.86. The van der Waals surface area contributed by atoms with Crippen molar-refractivity contribution in [2.24, 2.45) is 0 Å². The van der Waals surface area contributed by atoms with E-state index >= 15 is 0 Å². The molecule has 2 rings (SSSR count). The molecule has 0 aliphatic rings. The van der Waals surface area contributed by atoms with Crippen molar-refractivity contribution in [3.05, 3.63) is 58.1 Å². The zero-order valence-corrected chi connectivity index (χ0v) is 15.8. The van der Waals surface area contributed by atoms with Crippen LogP contribution in [-0.4, -0.2) is 21.4 Å². The SMILES string of the molecule is CCc1ccc(CC(=O)NS(=O)(=O)c2ccc(OC)c(Br)c2)cc1. The van der Waals surface area contributed by atoms with E-state index in [9.17, 15) is 13.2 Å². The molecule has 0 saturated carbocycles. The molecule has 0 saturated heterocycles. The Balaban J connectivity index is 2.10. The van der Waals surface area contributed by atoms with Crippen LogP contribution in [0.25, 0.3) is 0 Å². The van der Waals surface area contributed by atoms with Crippen molar-refractivity contribution in [2.75, 3.05) is 7.11 Å². The molecule has 0 atom stereocenters. The molecule has 5 nitrogen and oxygen atoms in total. The number of hydrogen-bond donors (Lipinski definition) is 1. The van der Waals surface area contributed by atoms with Gasteiger partial charge in [-0.2, -0.15) is 0 Å². The number of hydrogen-bond acceptors (Lipinski definition) is 4. The number of halogens is 1. The normalized spacial score (nSPS) is 11.1. The van der Waals surface area contributed by atoms with Crippen molar-refractivity contribution in [3.8, 4) is 5.75 Å². The van der Waals surface area contributed by atoms with E-state index in [1.807, 2.05) is 31.2 Å². The summed E-state index contributed by atoms with van der Waals surface area (Å²) in [7, 11) is -2.44. The minimum atomic E-state index is -3.93. The molecule has 0 spiro atoms. The number of aryl methyl sites for hydroxylation is 1. The van der Waals surface area contributed by atoms with Crippen LogP contribution in [0.15, 0.2) is 51.8 Å². The van der Waals surface area contributed by atoms with Crippen LogP contribution in [0.3, 0.4) is 0 Å². The molecule has 2 aromatic rings. The molecule has 128 valence electrons. The Morgan fingerprint density at radius 2 is 1.75 bits per heavy atom. The lowest BCUT2D eigenvalue weighted by Gasteiger charge is -2.09. The second kappa shape index (κ2) is 7.81. The average molecular weight is 412 g/mol. The number of nitrogens with one attached hydrogen (secondary N) is 1. The molecule has 7 heteroatoms. The first-order valence-corrected chi connectivity index (χ1v) is 9.60. The zero-order valence-electron chi connectivity index (χ0n) is 13.4. The fourth-order valence-corrected chi connectivity index (χ4v) is 3.84. The van der Waals surface area contributed by atoms with Gasteiger partial charge in [-0.15, -0.1) is 0 Å². The summed E-state index contributed by atoms with van der Waals surface area (Å²) in [6.07, 6.45) is 0.910. The van der Waals surface area contributed by atoms with Crippen LogP contribution in [0.4, 0.5) is 0 Å². The third-order valence-corrected chi connectivity index (χ3v) is 5.47. The first-order valence-electron chi connectivity index (χ1n) is 7.32. The second-order valence-corrected chi connectivity index (χ2v) is 7.71. The highest BCUT2D eigenvalue weighted by atomic mass is 79.9. The summed E-state index contributed by atoms with van der Waals surface area (Å²) in [5.41, 5.74) is 1.92. The highest BCUT2D eigenvalue weighted by molar-refractivity contribution is 9.10. The molecular weight excluding hydrogens is 394 g/mol. The zero-order chi connectivity index (χ0) is 17.7. The summed E-state index contributed by atoms with van der Waals surface area (Å²) in [4.78, 5) is 12.0. The molecular formula is C17H18BrNO4S. The summed E-state index contributed by atoms with van der Waals surface area (Å²) >= 11 is 3.23. The smallest absolute Gasteiger partial charge is 0.264 e. The van der Waals surface area contributed by atoms with E-state index < -0.39 is 15.9 Å². The number of sulfonamides is 1. The van der Waals surface area contributed by atoms with Crippen LogP contribution in [0, 0.1) is 0 Å². The minimum Gasteiger partial charge on any atom is -0.496 e. The number of methoxy groups -OCH3 is 1. The van der Waals surface area contributed by atoms with Gasteiger partial charge in [0.2, 0.25) is 5.91 Å². The van der Waals surface area contributed by atoms with Crippen LogP contribution < -0.4 is 9.46 Å². The summed E-state index contributed by atoms with van der Waals surface area (Å²) in [6.45, 7) is 2.04. The maximum atomic E-state index is 12.3. The van der Waals surface area contributed by atoms with Crippen LogP contribution in [0.1, 0.15) is 18.1 Å². The van der Waals surface area contributed by atoms with Gasteiger partial charge in [0.05, 0.1) is 22.9 Å². The molecule has 1 amide bonds. The van der Waals surface area contributed by atoms with Crippen LogP contribution in [-0.2, 0) is 27.7 Å². The monoisotopic (exact) mass is 411 g/mol. The molecule has 1 N–H and O–H groups in total. The van der Waals surface area contributed by atoms with E-state index in [1.165, 1.54) is 25.3 Å². The van der Waals surface area contributed by atoms with Gasteiger partial charge in [-0.25, -0.2) is 13.1 Å². The summed E-state index contributed by atoms with van der Waals surface area (Å²) in [5, 5.41) is 0. The number of carbonyl (C=O) groups is 1. The number of amides is 1. The molecule has 0 radical (unpaired) electrons. The van der Waals surface area contributed by atoms with Crippen molar-refractivity contribution >= 4 is 31.9 Å². The minimum absolute atomic E-state index is 0.000544. The molecule has 0 fully saturated rings. The van der Waals surface area contributed by atoms with Gasteiger partial charge in [0, 0.05) is 0 Å². The van der Waals surface area contributed by atoms with Crippen molar-refractivity contribution in [1.82, 2.24) is 4.72 Å². The third-order valence-electron chi connectivity index (χ3n) is 3.48. The molecule has 0 aromatic heterocycles. The lowest BCUT2D eigenvalue weighted by molar-refractivity contribution is -0.118. The predicted molar refractivity (Wildman–Crippen MR) is 95.5 cm³/mol. The molecule has 0 unspecified atom stereocenters. The van der Waals surface area contributed by atoms with E-state index in [1.54, 1.807) is 0 Å². The van der Waals surface area contributed by atoms with Gasteiger partial charge < -0.3 is 4.74 Å². The maximum absolute atomic E-state index is 12.3. The summed E-state index contributed by atoms with van der Waals surface area (Å²) in [6, 6.07) is 11.8. The van der Waals surface area contributed by atoms with E-state index in [0.717, 1.165) is 17.5 Å². The van der Waals surface area contributed by atoms with Gasteiger partial charge in [-0.05, 0) is 51.7 Å². The first-order chi connectivity index (χ1) is 11.4. The van der Waals surface area contributed by atoms with Crippen LogP contribution >= 0.6 is 15.9 Å². The Morgan fingerprint density at radius 3 is 2.29 bits per heavy atom. The average Bonchev–Trinajstić information content (AvgIpc) is 2.54. The van der Waals surface area contributed by atoms with E-state index in [0.29, 0.717) is 10.2 Å². The summed E-state index contributed by atoms with van der Waals surface area (Å²) in [5.74, 6) is -0.0671. The lowest BCUT2D eigenvalue weighted by atomic mass is 10.1. The molecule has 0 heterocycles. The van der Waals surface area contributed by atoms with Gasteiger partial charge >= 0.3 is 0 Å². The number of rotatable bonds is 6. The molecule has 0 aliphatic heterocycles. The molecule has 0 bridgehead atoms. The van der Waals surface area contributed by atoms with E-state index in [4.69, 9.17) is 4.74 Å². The Bertz CT molecular complexity index is 832. The van der Waals surface area contributed by atoms with Gasteiger partial charge in [0.15, 0.2) is 0 Å². The Morgan fingerprint density at radius 1 is 1.12 bits per heavy atom. The van der Waals surface area contributed by atoms with Gasteiger partial charge in [0.1, 0.15) is 5.75 Å². The van der Waals surface area contributed by atoms with E-state index in [2.05, 4.69) is 20.7 Å². The lowest BCUT2D eigenvalue weighted by Crippen LogP contribution is -2.31.